The van der Waals surface area contributed by atoms with Gasteiger partial charge < -0.3 is 20.1 Å². The number of hydrogen-bond acceptors (Lipinski definition) is 6. The van der Waals surface area contributed by atoms with Crippen molar-refractivity contribution in [3.63, 3.8) is 0 Å². The summed E-state index contributed by atoms with van der Waals surface area (Å²) < 4.78 is 32.0. The van der Waals surface area contributed by atoms with Gasteiger partial charge >= 0.3 is 0 Å². The molecule has 1 aromatic rings. The lowest BCUT2D eigenvalue weighted by atomic mass is 10.1. The number of aryl methyl sites for hydroxylation is 1. The summed E-state index contributed by atoms with van der Waals surface area (Å²) in [5.41, 5.74) is -1.06. The first-order valence-corrected chi connectivity index (χ1v) is 7.92. The Morgan fingerprint density at radius 2 is 1.76 bits per heavy atom. The molecule has 0 unspecified atom stereocenters. The van der Waals surface area contributed by atoms with Crippen molar-refractivity contribution >= 4 is 10.0 Å². The zero-order valence-corrected chi connectivity index (χ0v) is 12.9. The lowest BCUT2D eigenvalue weighted by molar-refractivity contribution is 0.0582. The van der Waals surface area contributed by atoms with Gasteiger partial charge in [0.2, 0.25) is 10.0 Å². The third-order valence-corrected chi connectivity index (χ3v) is 4.59. The molecule has 1 rings (SSSR count). The summed E-state index contributed by atoms with van der Waals surface area (Å²) in [7, 11) is -3.99. The molecule has 0 aliphatic rings. The number of hydrogen-bond donors (Lipinski definition) is 4. The van der Waals surface area contributed by atoms with Gasteiger partial charge in [-0.1, -0.05) is 0 Å². The highest BCUT2D eigenvalue weighted by molar-refractivity contribution is 7.89. The third kappa shape index (κ3) is 4.14. The molecule has 0 saturated carbocycles. The molecule has 0 aliphatic heterocycles. The summed E-state index contributed by atoms with van der Waals surface area (Å²) in [5, 5.41) is 27.6. The molecule has 120 valence electrons. The number of sulfonamides is 1. The van der Waals surface area contributed by atoms with Gasteiger partial charge in [-0.3, -0.25) is 0 Å². The van der Waals surface area contributed by atoms with E-state index < -0.39 is 35.4 Å². The summed E-state index contributed by atoms with van der Waals surface area (Å²) in [6.45, 7) is 1.82. The van der Waals surface area contributed by atoms with E-state index in [-0.39, 0.29) is 4.90 Å². The van der Waals surface area contributed by atoms with Crippen molar-refractivity contribution in [3.8, 4) is 5.75 Å². The van der Waals surface area contributed by atoms with Gasteiger partial charge in [-0.2, -0.15) is 4.72 Å². The number of rotatable bonds is 8. The van der Waals surface area contributed by atoms with E-state index in [0.29, 0.717) is 17.9 Å². The highest BCUT2D eigenvalue weighted by Crippen LogP contribution is 2.22. The maximum atomic E-state index is 12.3. The fourth-order valence-corrected chi connectivity index (χ4v) is 3.16. The first-order chi connectivity index (χ1) is 9.84. The lowest BCUT2D eigenvalue weighted by Crippen LogP contribution is -2.56. The fraction of sp³-hybridized carbons (Fsp3) is 0.538. The molecule has 0 fully saturated rings. The van der Waals surface area contributed by atoms with Gasteiger partial charge in [0.15, 0.2) is 0 Å². The van der Waals surface area contributed by atoms with E-state index in [1.54, 1.807) is 6.92 Å². The maximum Gasteiger partial charge on any atom is 0.241 e. The van der Waals surface area contributed by atoms with Crippen molar-refractivity contribution in [1.82, 2.24) is 4.72 Å². The zero-order chi connectivity index (χ0) is 16.1. The van der Waals surface area contributed by atoms with Gasteiger partial charge in [-0.25, -0.2) is 8.42 Å². The molecule has 4 N–H and O–H groups in total. The molecular formula is C13H21NO6S. The van der Waals surface area contributed by atoms with E-state index in [1.807, 2.05) is 6.92 Å². The number of benzene rings is 1. The summed E-state index contributed by atoms with van der Waals surface area (Å²) in [5.74, 6) is 0.578. The molecule has 0 aliphatic carbocycles. The first kappa shape index (κ1) is 17.9. The number of ether oxygens (including phenoxy) is 1. The lowest BCUT2D eigenvalue weighted by Gasteiger charge is -2.28. The van der Waals surface area contributed by atoms with Gasteiger partial charge in [0.1, 0.15) is 11.3 Å². The normalized spacial score (nSPS) is 12.4. The van der Waals surface area contributed by atoms with Crippen LogP contribution in [0.5, 0.6) is 5.75 Å². The van der Waals surface area contributed by atoms with Crippen LogP contribution in [0.1, 0.15) is 12.5 Å². The fourth-order valence-electron chi connectivity index (χ4n) is 1.70. The van der Waals surface area contributed by atoms with E-state index in [0.717, 1.165) is 0 Å². The second-order valence-electron chi connectivity index (χ2n) is 4.72. The molecule has 0 spiro atoms. The van der Waals surface area contributed by atoms with Crippen LogP contribution in [0.15, 0.2) is 23.1 Å². The Hall–Kier alpha value is -1.19. The van der Waals surface area contributed by atoms with E-state index in [4.69, 9.17) is 4.74 Å². The van der Waals surface area contributed by atoms with E-state index in [9.17, 15) is 23.7 Å². The summed E-state index contributed by atoms with van der Waals surface area (Å²) in [6, 6.07) is 4.31. The van der Waals surface area contributed by atoms with Crippen LogP contribution in [0.2, 0.25) is 0 Å². The van der Waals surface area contributed by atoms with Crippen LogP contribution >= 0.6 is 0 Å². The maximum absolute atomic E-state index is 12.3. The number of nitrogens with one attached hydrogen (secondary N) is 1. The van der Waals surface area contributed by atoms with Crippen LogP contribution < -0.4 is 9.46 Å². The quantitative estimate of drug-likeness (QED) is 0.508. The molecule has 0 aromatic heterocycles. The second-order valence-corrected chi connectivity index (χ2v) is 6.40. The molecule has 0 bridgehead atoms. The van der Waals surface area contributed by atoms with Crippen molar-refractivity contribution in [2.45, 2.75) is 24.3 Å². The van der Waals surface area contributed by atoms with Crippen molar-refractivity contribution < 1.29 is 28.5 Å². The highest BCUT2D eigenvalue weighted by Gasteiger charge is 2.34. The van der Waals surface area contributed by atoms with Gasteiger partial charge in [-0.15, -0.1) is 0 Å². The van der Waals surface area contributed by atoms with E-state index in [1.165, 1.54) is 18.2 Å². The Balaban J connectivity index is 3.11. The Labute approximate surface area is 124 Å². The average molecular weight is 319 g/mol. The molecule has 8 heteroatoms. The minimum absolute atomic E-state index is 0.0387. The van der Waals surface area contributed by atoms with Gasteiger partial charge in [0, 0.05) is 0 Å². The molecule has 0 radical (unpaired) electrons. The van der Waals surface area contributed by atoms with Crippen LogP contribution in [0, 0.1) is 6.92 Å². The minimum Gasteiger partial charge on any atom is -0.494 e. The van der Waals surface area contributed by atoms with Crippen LogP contribution in [0.4, 0.5) is 0 Å². The summed E-state index contributed by atoms with van der Waals surface area (Å²) in [6.07, 6.45) is 0. The van der Waals surface area contributed by atoms with Gasteiger partial charge in [0.25, 0.3) is 0 Å². The summed E-state index contributed by atoms with van der Waals surface area (Å²) >= 11 is 0. The minimum atomic E-state index is -3.99. The Morgan fingerprint density at radius 1 is 1.19 bits per heavy atom. The molecule has 0 atom stereocenters. The predicted molar refractivity (Wildman–Crippen MR) is 76.7 cm³/mol. The number of aliphatic hydroxyl groups is 3. The van der Waals surface area contributed by atoms with E-state index >= 15 is 0 Å². The van der Waals surface area contributed by atoms with Crippen LogP contribution in [-0.4, -0.2) is 55.7 Å². The zero-order valence-electron chi connectivity index (χ0n) is 12.0. The SMILES string of the molecule is CCOc1ccc(S(=O)(=O)NC(CO)(CO)CO)cc1C. The average Bonchev–Trinajstić information content (AvgIpc) is 2.47. The Morgan fingerprint density at radius 3 is 2.19 bits per heavy atom. The predicted octanol–water partition coefficient (Wildman–Crippen LogP) is -0.612. The first-order valence-electron chi connectivity index (χ1n) is 6.44. The molecular weight excluding hydrogens is 298 g/mol. The molecule has 7 nitrogen and oxygen atoms in total. The van der Waals surface area contributed by atoms with E-state index in [2.05, 4.69) is 4.72 Å². The van der Waals surface area contributed by atoms with Gasteiger partial charge in [-0.05, 0) is 37.6 Å². The Kier molecular flexibility index (Phi) is 6.11. The standard InChI is InChI=1S/C13H21NO6S/c1-3-20-12-5-4-11(6-10(12)2)21(18,19)14-13(7-15,8-16)9-17/h4-6,14-17H,3,7-9H2,1-2H3. The molecule has 1 aromatic carbocycles. The molecule has 0 amide bonds. The third-order valence-electron chi connectivity index (χ3n) is 3.02. The second kappa shape index (κ2) is 7.19. The van der Waals surface area contributed by atoms with Crippen molar-refractivity contribution in [2.75, 3.05) is 26.4 Å². The van der Waals surface area contributed by atoms with Gasteiger partial charge in [0.05, 0.1) is 31.3 Å². The van der Waals surface area contributed by atoms with Crippen molar-refractivity contribution in [1.29, 1.82) is 0 Å². The summed E-state index contributed by atoms with van der Waals surface area (Å²) in [4.78, 5) is -0.0387. The molecule has 21 heavy (non-hydrogen) atoms. The smallest absolute Gasteiger partial charge is 0.241 e. The monoisotopic (exact) mass is 319 g/mol. The van der Waals surface area contributed by atoms with Crippen molar-refractivity contribution in [3.05, 3.63) is 23.8 Å². The highest BCUT2D eigenvalue weighted by atomic mass is 32.2. The number of aliphatic hydroxyl groups excluding tert-OH is 3. The van der Waals surface area contributed by atoms with Crippen LogP contribution in [0.3, 0.4) is 0 Å². The van der Waals surface area contributed by atoms with Crippen LogP contribution in [-0.2, 0) is 10.0 Å². The topological polar surface area (TPSA) is 116 Å². The van der Waals surface area contributed by atoms with Crippen LogP contribution in [0.25, 0.3) is 0 Å². The molecule has 0 saturated heterocycles. The van der Waals surface area contributed by atoms with Crippen molar-refractivity contribution in [2.24, 2.45) is 0 Å². The molecule has 0 heterocycles. The Bertz CT molecular complexity index is 560. The largest absolute Gasteiger partial charge is 0.494 e.